The average Bonchev–Trinajstić information content (AvgIpc) is 2.51. The highest BCUT2D eigenvalue weighted by atomic mass is 35.5. The molecule has 0 unspecified atom stereocenters. The zero-order valence-electron chi connectivity index (χ0n) is 11.4. The standard InChI is InChI=1S/C6H5Cl.2C6H6O/c3*7-6-4-2-1-3-5-6/h1-5H;2*1-5,7H. The van der Waals surface area contributed by atoms with E-state index < -0.39 is 0 Å². The summed E-state index contributed by atoms with van der Waals surface area (Å²) >= 11 is 5.54. The van der Waals surface area contributed by atoms with Gasteiger partial charge in [-0.15, -0.1) is 0 Å². The van der Waals surface area contributed by atoms with E-state index in [1.807, 2.05) is 42.5 Å². The molecule has 0 heterocycles. The van der Waals surface area contributed by atoms with Gasteiger partial charge in [0, 0.05) is 5.02 Å². The quantitative estimate of drug-likeness (QED) is 0.604. The van der Waals surface area contributed by atoms with Crippen LogP contribution in [0.3, 0.4) is 0 Å². The van der Waals surface area contributed by atoms with Crippen LogP contribution in [0.4, 0.5) is 0 Å². The molecule has 0 atom stereocenters. The summed E-state index contributed by atoms with van der Waals surface area (Å²) in [7, 11) is 0. The van der Waals surface area contributed by atoms with E-state index in [4.69, 9.17) is 21.8 Å². The molecular formula is C18H17ClO2. The van der Waals surface area contributed by atoms with Crippen LogP contribution in [0.5, 0.6) is 11.5 Å². The van der Waals surface area contributed by atoms with Gasteiger partial charge in [0.15, 0.2) is 0 Å². The second kappa shape index (κ2) is 10.4. The number of hydrogen-bond donors (Lipinski definition) is 2. The highest BCUT2D eigenvalue weighted by Gasteiger charge is 1.76. The maximum atomic E-state index is 8.63. The molecule has 0 fully saturated rings. The van der Waals surface area contributed by atoms with Crippen LogP contribution in [-0.2, 0) is 0 Å². The summed E-state index contributed by atoms with van der Waals surface area (Å²) in [4.78, 5) is 0. The van der Waals surface area contributed by atoms with Crippen molar-refractivity contribution in [3.63, 3.8) is 0 Å². The molecule has 0 radical (unpaired) electrons. The second-order valence-electron chi connectivity index (χ2n) is 3.97. The number of halogens is 1. The fourth-order valence-corrected chi connectivity index (χ4v) is 1.42. The Morgan fingerprint density at radius 1 is 0.476 bits per heavy atom. The van der Waals surface area contributed by atoms with E-state index >= 15 is 0 Å². The Kier molecular flexibility index (Phi) is 8.18. The Bertz CT molecular complexity index is 494. The monoisotopic (exact) mass is 300 g/mol. The summed E-state index contributed by atoms with van der Waals surface area (Å²) in [6.45, 7) is 0. The molecule has 0 aliphatic rings. The molecule has 0 aliphatic carbocycles. The van der Waals surface area contributed by atoms with Crippen LogP contribution in [0.25, 0.3) is 0 Å². The minimum absolute atomic E-state index is 0.322. The van der Waals surface area contributed by atoms with E-state index in [-0.39, 0.29) is 0 Å². The van der Waals surface area contributed by atoms with Crippen molar-refractivity contribution in [2.45, 2.75) is 0 Å². The molecule has 3 aromatic carbocycles. The van der Waals surface area contributed by atoms with Crippen LogP contribution in [0.2, 0.25) is 5.02 Å². The first-order valence-electron chi connectivity index (χ1n) is 6.37. The summed E-state index contributed by atoms with van der Waals surface area (Å²) in [6.07, 6.45) is 0. The van der Waals surface area contributed by atoms with E-state index in [1.54, 1.807) is 48.5 Å². The van der Waals surface area contributed by atoms with Gasteiger partial charge in [0.1, 0.15) is 11.5 Å². The minimum atomic E-state index is 0.322. The van der Waals surface area contributed by atoms with Crippen molar-refractivity contribution in [2.24, 2.45) is 0 Å². The van der Waals surface area contributed by atoms with Crippen molar-refractivity contribution in [1.29, 1.82) is 0 Å². The molecule has 0 amide bonds. The van der Waals surface area contributed by atoms with Crippen LogP contribution >= 0.6 is 11.6 Å². The van der Waals surface area contributed by atoms with Crippen molar-refractivity contribution in [2.75, 3.05) is 0 Å². The molecule has 2 nitrogen and oxygen atoms in total. The Hall–Kier alpha value is -2.45. The number of phenols is 2. The SMILES string of the molecule is Clc1ccccc1.Oc1ccccc1.Oc1ccccc1. The number of benzene rings is 3. The highest BCUT2D eigenvalue weighted by molar-refractivity contribution is 6.30. The molecular weight excluding hydrogens is 284 g/mol. The number of para-hydroxylation sites is 2. The smallest absolute Gasteiger partial charge is 0.115 e. The Morgan fingerprint density at radius 2 is 0.762 bits per heavy atom. The third kappa shape index (κ3) is 9.14. The lowest BCUT2D eigenvalue weighted by Gasteiger charge is -1.82. The maximum Gasteiger partial charge on any atom is 0.115 e. The molecule has 2 N–H and O–H groups in total. The van der Waals surface area contributed by atoms with Gasteiger partial charge in [0.05, 0.1) is 0 Å². The predicted octanol–water partition coefficient (Wildman–Crippen LogP) is 5.12. The molecule has 0 aliphatic heterocycles. The van der Waals surface area contributed by atoms with Crippen molar-refractivity contribution in [3.8, 4) is 11.5 Å². The Labute approximate surface area is 129 Å². The Morgan fingerprint density at radius 3 is 0.905 bits per heavy atom. The molecule has 0 aromatic heterocycles. The molecule has 3 rings (SSSR count). The van der Waals surface area contributed by atoms with Crippen molar-refractivity contribution in [3.05, 3.63) is 96.0 Å². The van der Waals surface area contributed by atoms with Crippen LogP contribution in [0.15, 0.2) is 91.0 Å². The minimum Gasteiger partial charge on any atom is -0.508 e. The summed E-state index contributed by atoms with van der Waals surface area (Å²) in [5, 5.41) is 18.1. The molecule has 3 heteroatoms. The van der Waals surface area contributed by atoms with Gasteiger partial charge in [-0.2, -0.15) is 0 Å². The molecule has 0 saturated heterocycles. The van der Waals surface area contributed by atoms with Crippen LogP contribution in [0, 0.1) is 0 Å². The van der Waals surface area contributed by atoms with E-state index in [0.717, 1.165) is 5.02 Å². The average molecular weight is 301 g/mol. The van der Waals surface area contributed by atoms with Gasteiger partial charge in [-0.05, 0) is 36.4 Å². The normalized spacial score (nSPS) is 8.62. The van der Waals surface area contributed by atoms with Gasteiger partial charge in [0.25, 0.3) is 0 Å². The first-order chi connectivity index (χ1) is 10.2. The third-order valence-electron chi connectivity index (χ3n) is 2.25. The molecule has 3 aromatic rings. The zero-order chi connectivity index (χ0) is 15.3. The largest absolute Gasteiger partial charge is 0.508 e. The van der Waals surface area contributed by atoms with Gasteiger partial charge < -0.3 is 10.2 Å². The second-order valence-corrected chi connectivity index (χ2v) is 4.40. The lowest BCUT2D eigenvalue weighted by Crippen LogP contribution is -1.56. The summed E-state index contributed by atoms with van der Waals surface area (Å²) in [5.41, 5.74) is 0. The van der Waals surface area contributed by atoms with Crippen molar-refractivity contribution < 1.29 is 10.2 Å². The lowest BCUT2D eigenvalue weighted by atomic mass is 10.3. The predicted molar refractivity (Wildman–Crippen MR) is 87.7 cm³/mol. The van der Waals surface area contributed by atoms with Crippen LogP contribution in [0.1, 0.15) is 0 Å². The van der Waals surface area contributed by atoms with E-state index in [2.05, 4.69) is 0 Å². The number of rotatable bonds is 0. The summed E-state index contributed by atoms with van der Waals surface area (Å²) in [6, 6.07) is 26.9. The van der Waals surface area contributed by atoms with Gasteiger partial charge in [0.2, 0.25) is 0 Å². The van der Waals surface area contributed by atoms with E-state index in [1.165, 1.54) is 0 Å². The van der Waals surface area contributed by atoms with Gasteiger partial charge >= 0.3 is 0 Å². The molecule has 0 bridgehead atoms. The fourth-order valence-electron chi connectivity index (χ4n) is 1.27. The van der Waals surface area contributed by atoms with E-state index in [9.17, 15) is 0 Å². The summed E-state index contributed by atoms with van der Waals surface area (Å²) < 4.78 is 0. The maximum absolute atomic E-state index is 8.63. The highest BCUT2D eigenvalue weighted by Crippen LogP contribution is 2.04. The zero-order valence-corrected chi connectivity index (χ0v) is 12.2. The number of phenolic OH excluding ortho intramolecular Hbond substituents is 2. The van der Waals surface area contributed by atoms with Crippen LogP contribution < -0.4 is 0 Å². The topological polar surface area (TPSA) is 40.5 Å². The fraction of sp³-hybridized carbons (Fsp3) is 0. The lowest BCUT2D eigenvalue weighted by molar-refractivity contribution is 0.475. The van der Waals surface area contributed by atoms with Crippen molar-refractivity contribution >= 4 is 11.6 Å². The first kappa shape index (κ1) is 16.6. The van der Waals surface area contributed by atoms with Crippen LogP contribution in [-0.4, -0.2) is 10.2 Å². The molecule has 0 saturated carbocycles. The van der Waals surface area contributed by atoms with E-state index in [0.29, 0.717) is 11.5 Å². The molecule has 108 valence electrons. The van der Waals surface area contributed by atoms with Gasteiger partial charge in [-0.3, -0.25) is 0 Å². The summed E-state index contributed by atoms with van der Waals surface area (Å²) in [5.74, 6) is 0.644. The third-order valence-corrected chi connectivity index (χ3v) is 2.50. The molecule has 21 heavy (non-hydrogen) atoms. The van der Waals surface area contributed by atoms with Gasteiger partial charge in [-0.25, -0.2) is 0 Å². The molecule has 0 spiro atoms. The number of hydrogen-bond acceptors (Lipinski definition) is 2. The first-order valence-corrected chi connectivity index (χ1v) is 6.75. The number of aromatic hydroxyl groups is 2. The Balaban J connectivity index is 0.000000157. The van der Waals surface area contributed by atoms with Crippen molar-refractivity contribution in [1.82, 2.24) is 0 Å². The van der Waals surface area contributed by atoms with Gasteiger partial charge in [-0.1, -0.05) is 66.2 Å².